The van der Waals surface area contributed by atoms with Gasteiger partial charge in [-0.3, -0.25) is 0 Å². The van der Waals surface area contributed by atoms with Gasteiger partial charge in [0, 0.05) is 28.8 Å². The molecule has 2 fully saturated rings. The Morgan fingerprint density at radius 2 is 1.80 bits per heavy atom. The predicted octanol–water partition coefficient (Wildman–Crippen LogP) is 3.09. The van der Waals surface area contributed by atoms with Crippen LogP contribution < -0.4 is 10.6 Å². The Hall–Kier alpha value is -1.26. The number of anilines is 1. The van der Waals surface area contributed by atoms with Crippen LogP contribution in [0.15, 0.2) is 24.3 Å². The summed E-state index contributed by atoms with van der Waals surface area (Å²) in [6.45, 7) is 0. The van der Waals surface area contributed by atoms with E-state index >= 15 is 0 Å². The van der Waals surface area contributed by atoms with Gasteiger partial charge >= 0.3 is 6.03 Å². The molecule has 0 spiro atoms. The summed E-state index contributed by atoms with van der Waals surface area (Å²) in [6.07, 6.45) is 4.64. The Morgan fingerprint density at radius 1 is 1.20 bits per heavy atom. The Bertz CT molecular complexity index is 476. The standard InChI is InChI=1S/C15H20ClN3O/c1-19-13-6-7-14(19)9-12(8-13)18-15(20)17-11-4-2-10(16)3-5-11/h2-5,12-14H,6-9H2,1H3,(H2,17,18,20). The number of hydrogen-bond donors (Lipinski definition) is 2. The number of amides is 2. The Morgan fingerprint density at radius 3 is 2.40 bits per heavy atom. The third-order valence-electron chi connectivity index (χ3n) is 4.54. The van der Waals surface area contributed by atoms with E-state index in [0.29, 0.717) is 17.1 Å². The van der Waals surface area contributed by atoms with Crippen LogP contribution in [0, 0.1) is 0 Å². The highest BCUT2D eigenvalue weighted by Gasteiger charge is 2.38. The summed E-state index contributed by atoms with van der Waals surface area (Å²) in [5.41, 5.74) is 0.766. The molecule has 2 saturated heterocycles. The van der Waals surface area contributed by atoms with E-state index in [9.17, 15) is 4.79 Å². The zero-order valence-electron chi connectivity index (χ0n) is 11.6. The summed E-state index contributed by atoms with van der Waals surface area (Å²) in [6, 6.07) is 8.59. The first kappa shape index (κ1) is 13.7. The minimum Gasteiger partial charge on any atom is -0.335 e. The lowest BCUT2D eigenvalue weighted by molar-refractivity contribution is 0.151. The zero-order valence-corrected chi connectivity index (χ0v) is 12.4. The number of nitrogens with zero attached hydrogens (tertiary/aromatic N) is 1. The van der Waals surface area contributed by atoms with Crippen LogP contribution in [0.4, 0.5) is 10.5 Å². The van der Waals surface area contributed by atoms with E-state index in [1.807, 2.05) is 0 Å². The van der Waals surface area contributed by atoms with Crippen LogP contribution in [0.1, 0.15) is 25.7 Å². The molecule has 0 radical (unpaired) electrons. The number of urea groups is 1. The van der Waals surface area contributed by atoms with Crippen molar-refractivity contribution in [2.75, 3.05) is 12.4 Å². The molecule has 2 N–H and O–H groups in total. The summed E-state index contributed by atoms with van der Waals surface area (Å²) in [4.78, 5) is 14.5. The minimum atomic E-state index is -0.124. The van der Waals surface area contributed by atoms with Gasteiger partial charge in [-0.2, -0.15) is 0 Å². The van der Waals surface area contributed by atoms with Crippen LogP contribution >= 0.6 is 11.6 Å². The number of nitrogens with one attached hydrogen (secondary N) is 2. The van der Waals surface area contributed by atoms with Crippen LogP contribution in [0.5, 0.6) is 0 Å². The highest BCUT2D eigenvalue weighted by Crippen LogP contribution is 2.34. The Labute approximate surface area is 124 Å². The molecular formula is C15H20ClN3O. The van der Waals surface area contributed by atoms with Gasteiger partial charge in [0.25, 0.3) is 0 Å². The lowest BCUT2D eigenvalue weighted by atomic mass is 9.98. The molecule has 2 amide bonds. The fourth-order valence-corrected chi connectivity index (χ4v) is 3.54. The molecule has 1 aromatic rings. The number of benzene rings is 1. The van der Waals surface area contributed by atoms with Crippen molar-refractivity contribution in [1.29, 1.82) is 0 Å². The molecule has 5 heteroatoms. The van der Waals surface area contributed by atoms with Crippen molar-refractivity contribution in [3.63, 3.8) is 0 Å². The molecular weight excluding hydrogens is 274 g/mol. The van der Waals surface area contributed by atoms with Crippen molar-refractivity contribution in [1.82, 2.24) is 10.2 Å². The van der Waals surface area contributed by atoms with E-state index < -0.39 is 0 Å². The molecule has 0 aliphatic carbocycles. The van der Waals surface area contributed by atoms with Crippen LogP contribution in [-0.4, -0.2) is 36.1 Å². The zero-order chi connectivity index (χ0) is 14.1. The molecule has 2 aliphatic heterocycles. The van der Waals surface area contributed by atoms with Gasteiger partial charge in [0.2, 0.25) is 0 Å². The topological polar surface area (TPSA) is 44.4 Å². The number of rotatable bonds is 2. The van der Waals surface area contributed by atoms with Gasteiger partial charge in [-0.1, -0.05) is 11.6 Å². The van der Waals surface area contributed by atoms with Gasteiger partial charge in [0.05, 0.1) is 0 Å². The third kappa shape index (κ3) is 2.91. The normalized spacial score (nSPS) is 29.2. The summed E-state index contributed by atoms with van der Waals surface area (Å²) < 4.78 is 0. The van der Waals surface area contributed by atoms with Gasteiger partial charge in [0.15, 0.2) is 0 Å². The van der Waals surface area contributed by atoms with Crippen molar-refractivity contribution in [3.8, 4) is 0 Å². The predicted molar refractivity (Wildman–Crippen MR) is 81.2 cm³/mol. The summed E-state index contributed by atoms with van der Waals surface area (Å²) in [7, 11) is 2.20. The van der Waals surface area contributed by atoms with Crippen LogP contribution in [-0.2, 0) is 0 Å². The van der Waals surface area contributed by atoms with Gasteiger partial charge in [-0.25, -0.2) is 4.79 Å². The number of fused-ring (bicyclic) bond motifs is 2. The average Bonchev–Trinajstić information content (AvgIpc) is 2.64. The second-order valence-electron chi connectivity index (χ2n) is 5.82. The average molecular weight is 294 g/mol. The first-order valence-corrected chi connectivity index (χ1v) is 7.54. The second kappa shape index (κ2) is 5.62. The van der Waals surface area contributed by atoms with Crippen molar-refractivity contribution in [3.05, 3.63) is 29.3 Å². The van der Waals surface area contributed by atoms with Crippen LogP contribution in [0.3, 0.4) is 0 Å². The molecule has 2 unspecified atom stereocenters. The molecule has 108 valence electrons. The van der Waals surface area contributed by atoms with Gasteiger partial charge in [0.1, 0.15) is 0 Å². The summed E-state index contributed by atoms with van der Waals surface area (Å²) >= 11 is 5.82. The van der Waals surface area contributed by atoms with E-state index in [1.165, 1.54) is 12.8 Å². The molecule has 20 heavy (non-hydrogen) atoms. The molecule has 1 aromatic carbocycles. The van der Waals surface area contributed by atoms with Gasteiger partial charge in [-0.05, 0) is 57.0 Å². The smallest absolute Gasteiger partial charge is 0.319 e. The lowest BCUT2D eigenvalue weighted by Crippen LogP contribution is -2.49. The highest BCUT2D eigenvalue weighted by atomic mass is 35.5. The maximum absolute atomic E-state index is 12.0. The molecule has 4 nitrogen and oxygen atoms in total. The first-order chi connectivity index (χ1) is 9.61. The van der Waals surface area contributed by atoms with Crippen LogP contribution in [0.2, 0.25) is 5.02 Å². The molecule has 0 saturated carbocycles. The van der Waals surface area contributed by atoms with Crippen molar-refractivity contribution < 1.29 is 4.79 Å². The largest absolute Gasteiger partial charge is 0.335 e. The quantitative estimate of drug-likeness (QED) is 0.880. The van der Waals surface area contributed by atoms with Crippen LogP contribution in [0.25, 0.3) is 0 Å². The Kier molecular flexibility index (Phi) is 3.85. The van der Waals surface area contributed by atoms with E-state index in [0.717, 1.165) is 18.5 Å². The van der Waals surface area contributed by atoms with E-state index in [4.69, 9.17) is 11.6 Å². The monoisotopic (exact) mass is 293 g/mol. The van der Waals surface area contributed by atoms with Gasteiger partial charge < -0.3 is 15.5 Å². The second-order valence-corrected chi connectivity index (χ2v) is 6.26. The molecule has 2 atom stereocenters. The summed E-state index contributed by atoms with van der Waals surface area (Å²) in [5.74, 6) is 0. The number of carbonyl (C=O) groups excluding carboxylic acids is 1. The molecule has 3 rings (SSSR count). The number of halogens is 1. The molecule has 2 aliphatic rings. The highest BCUT2D eigenvalue weighted by molar-refractivity contribution is 6.30. The fraction of sp³-hybridized carbons (Fsp3) is 0.533. The van der Waals surface area contributed by atoms with Gasteiger partial charge in [-0.15, -0.1) is 0 Å². The lowest BCUT2D eigenvalue weighted by Gasteiger charge is -2.36. The van der Waals surface area contributed by atoms with E-state index in [-0.39, 0.29) is 12.1 Å². The fourth-order valence-electron chi connectivity index (χ4n) is 3.42. The third-order valence-corrected chi connectivity index (χ3v) is 4.79. The maximum atomic E-state index is 12.0. The maximum Gasteiger partial charge on any atom is 0.319 e. The van der Waals surface area contributed by atoms with Crippen molar-refractivity contribution in [2.24, 2.45) is 0 Å². The Balaban J connectivity index is 1.53. The van der Waals surface area contributed by atoms with E-state index in [1.54, 1.807) is 24.3 Å². The molecule has 2 bridgehead atoms. The van der Waals surface area contributed by atoms with Crippen molar-refractivity contribution in [2.45, 2.75) is 43.8 Å². The van der Waals surface area contributed by atoms with Crippen molar-refractivity contribution >= 4 is 23.3 Å². The number of carbonyl (C=O) groups is 1. The molecule has 0 aromatic heterocycles. The summed E-state index contributed by atoms with van der Waals surface area (Å²) in [5, 5.41) is 6.62. The minimum absolute atomic E-state index is 0.124. The number of piperidine rings is 1. The first-order valence-electron chi connectivity index (χ1n) is 7.17. The molecule has 2 heterocycles. The number of hydrogen-bond acceptors (Lipinski definition) is 2. The SMILES string of the molecule is CN1C2CCC1CC(NC(=O)Nc1ccc(Cl)cc1)C2. The van der Waals surface area contributed by atoms with E-state index in [2.05, 4.69) is 22.6 Å².